The lowest BCUT2D eigenvalue weighted by atomic mass is 10.1. The van der Waals surface area contributed by atoms with Crippen molar-refractivity contribution >= 4 is 17.1 Å². The first-order valence-corrected chi connectivity index (χ1v) is 5.10. The number of para-hydroxylation sites is 1. The van der Waals surface area contributed by atoms with Crippen molar-refractivity contribution in [3.05, 3.63) is 24.3 Å². The first-order chi connectivity index (χ1) is 7.47. The van der Waals surface area contributed by atoms with E-state index in [2.05, 4.69) is 15.6 Å². The Balaban J connectivity index is 2.37. The fraction of sp³-hybridized carbons (Fsp3) is 0.364. The summed E-state index contributed by atoms with van der Waals surface area (Å²) in [5.74, 6) is 0. The first-order valence-electron chi connectivity index (χ1n) is 5.10. The summed E-state index contributed by atoms with van der Waals surface area (Å²) in [5.41, 5.74) is 1.14. The van der Waals surface area contributed by atoms with E-state index in [1.54, 1.807) is 0 Å². The minimum Gasteiger partial charge on any atom is -0.332 e. The van der Waals surface area contributed by atoms with Gasteiger partial charge >= 0.3 is 6.03 Å². The van der Waals surface area contributed by atoms with E-state index in [1.165, 1.54) is 4.68 Å². The van der Waals surface area contributed by atoms with E-state index < -0.39 is 0 Å². The van der Waals surface area contributed by atoms with Crippen LogP contribution in [0.25, 0.3) is 11.0 Å². The molecule has 1 amide bonds. The lowest BCUT2D eigenvalue weighted by molar-refractivity contribution is 0.231. The molecule has 1 aromatic heterocycles. The second-order valence-electron chi connectivity index (χ2n) is 4.67. The second kappa shape index (κ2) is 3.59. The van der Waals surface area contributed by atoms with E-state index in [0.717, 1.165) is 0 Å². The van der Waals surface area contributed by atoms with Crippen LogP contribution < -0.4 is 5.32 Å². The fourth-order valence-electron chi connectivity index (χ4n) is 1.39. The Labute approximate surface area is 93.4 Å². The summed E-state index contributed by atoms with van der Waals surface area (Å²) in [6.45, 7) is 5.76. The Bertz CT molecular complexity index is 524. The summed E-state index contributed by atoms with van der Waals surface area (Å²) < 4.78 is 1.28. The van der Waals surface area contributed by atoms with Gasteiger partial charge in [0.05, 0.1) is 5.52 Å². The van der Waals surface area contributed by atoms with Crippen LogP contribution in [0.15, 0.2) is 24.3 Å². The number of carbonyl (C=O) groups is 1. The van der Waals surface area contributed by atoms with Gasteiger partial charge in [-0.05, 0) is 32.9 Å². The van der Waals surface area contributed by atoms with Crippen LogP contribution in [0.2, 0.25) is 0 Å². The van der Waals surface area contributed by atoms with Gasteiger partial charge in [0.2, 0.25) is 0 Å². The standard InChI is InChI=1S/C11H14N4O/c1-11(2,3)12-10(16)15-9-7-5-4-6-8(9)13-14-15/h4-7H,1-3H3,(H,12,16). The van der Waals surface area contributed by atoms with Gasteiger partial charge in [0.25, 0.3) is 0 Å². The Hall–Kier alpha value is -1.91. The van der Waals surface area contributed by atoms with E-state index in [0.29, 0.717) is 11.0 Å². The van der Waals surface area contributed by atoms with E-state index in [9.17, 15) is 4.79 Å². The molecule has 0 fully saturated rings. The molecule has 0 saturated heterocycles. The number of rotatable bonds is 0. The molecule has 5 nitrogen and oxygen atoms in total. The number of carbonyl (C=O) groups excluding carboxylic acids is 1. The van der Waals surface area contributed by atoms with Crippen LogP contribution in [-0.4, -0.2) is 26.6 Å². The third-order valence-corrected chi connectivity index (χ3v) is 2.03. The number of amides is 1. The highest BCUT2D eigenvalue weighted by molar-refractivity contribution is 5.87. The molecule has 1 aromatic carbocycles. The summed E-state index contributed by atoms with van der Waals surface area (Å²) in [6.07, 6.45) is 0. The van der Waals surface area contributed by atoms with E-state index in [4.69, 9.17) is 0 Å². The van der Waals surface area contributed by atoms with Gasteiger partial charge in [-0.15, -0.1) is 5.10 Å². The third kappa shape index (κ3) is 2.03. The van der Waals surface area contributed by atoms with Crippen LogP contribution in [0.3, 0.4) is 0 Å². The van der Waals surface area contributed by atoms with Crippen LogP contribution in [0.5, 0.6) is 0 Å². The van der Waals surface area contributed by atoms with Gasteiger partial charge in [-0.2, -0.15) is 4.68 Å². The predicted octanol–water partition coefficient (Wildman–Crippen LogP) is 1.79. The number of hydrogen-bond donors (Lipinski definition) is 1. The molecule has 0 saturated carbocycles. The molecule has 0 aliphatic rings. The molecule has 0 radical (unpaired) electrons. The molecule has 1 heterocycles. The number of nitrogens with one attached hydrogen (secondary N) is 1. The zero-order valence-corrected chi connectivity index (χ0v) is 9.56. The molecule has 0 bridgehead atoms. The Kier molecular flexibility index (Phi) is 2.38. The van der Waals surface area contributed by atoms with E-state index >= 15 is 0 Å². The molecule has 1 N–H and O–H groups in total. The van der Waals surface area contributed by atoms with Crippen LogP contribution in [-0.2, 0) is 0 Å². The minimum absolute atomic E-state index is 0.263. The highest BCUT2D eigenvalue weighted by Gasteiger charge is 2.17. The molecular formula is C11H14N4O. The lowest BCUT2D eigenvalue weighted by Crippen LogP contribution is -2.43. The van der Waals surface area contributed by atoms with Gasteiger partial charge in [0, 0.05) is 5.54 Å². The van der Waals surface area contributed by atoms with Gasteiger partial charge in [-0.1, -0.05) is 17.3 Å². The molecule has 0 aliphatic carbocycles. The number of aromatic nitrogens is 3. The topological polar surface area (TPSA) is 59.8 Å². The van der Waals surface area contributed by atoms with Crippen molar-refractivity contribution < 1.29 is 4.79 Å². The van der Waals surface area contributed by atoms with Crippen LogP contribution >= 0.6 is 0 Å². The molecule has 0 unspecified atom stereocenters. The maximum Gasteiger partial charge on any atom is 0.344 e. The summed E-state index contributed by atoms with van der Waals surface area (Å²) in [6, 6.07) is 7.09. The van der Waals surface area contributed by atoms with Gasteiger partial charge in [-0.25, -0.2) is 4.79 Å². The molecule has 5 heteroatoms. The average Bonchev–Trinajstić information content (AvgIpc) is 2.58. The number of nitrogens with zero attached hydrogens (tertiary/aromatic N) is 3. The smallest absolute Gasteiger partial charge is 0.332 e. The van der Waals surface area contributed by atoms with Crippen molar-refractivity contribution in [1.29, 1.82) is 0 Å². The highest BCUT2D eigenvalue weighted by atomic mass is 16.2. The van der Waals surface area contributed by atoms with Crippen molar-refractivity contribution in [2.45, 2.75) is 26.3 Å². The molecule has 84 valence electrons. The molecule has 2 aromatic rings. The SMILES string of the molecule is CC(C)(C)NC(=O)n1nnc2ccccc21. The molecule has 16 heavy (non-hydrogen) atoms. The van der Waals surface area contributed by atoms with Gasteiger partial charge in [0.15, 0.2) is 0 Å². The van der Waals surface area contributed by atoms with Crippen molar-refractivity contribution in [3.8, 4) is 0 Å². The zero-order valence-electron chi connectivity index (χ0n) is 9.56. The van der Waals surface area contributed by atoms with Gasteiger partial charge < -0.3 is 5.32 Å². The lowest BCUT2D eigenvalue weighted by Gasteiger charge is -2.19. The fourth-order valence-corrected chi connectivity index (χ4v) is 1.39. The third-order valence-electron chi connectivity index (χ3n) is 2.03. The average molecular weight is 218 g/mol. The minimum atomic E-state index is -0.288. The van der Waals surface area contributed by atoms with Crippen molar-refractivity contribution in [3.63, 3.8) is 0 Å². The zero-order chi connectivity index (χ0) is 11.8. The largest absolute Gasteiger partial charge is 0.344 e. The van der Waals surface area contributed by atoms with Crippen LogP contribution in [0.1, 0.15) is 20.8 Å². The van der Waals surface area contributed by atoms with E-state index in [-0.39, 0.29) is 11.6 Å². The second-order valence-corrected chi connectivity index (χ2v) is 4.67. The summed E-state index contributed by atoms with van der Waals surface area (Å²) in [4.78, 5) is 11.9. The highest BCUT2D eigenvalue weighted by Crippen LogP contribution is 2.10. The van der Waals surface area contributed by atoms with Gasteiger partial charge in [-0.3, -0.25) is 0 Å². The molecule has 0 aliphatic heterocycles. The monoisotopic (exact) mass is 218 g/mol. The van der Waals surface area contributed by atoms with Crippen molar-refractivity contribution in [1.82, 2.24) is 20.3 Å². The quantitative estimate of drug-likeness (QED) is 0.733. The number of hydrogen-bond acceptors (Lipinski definition) is 3. The normalized spacial score (nSPS) is 11.7. The molecular weight excluding hydrogens is 204 g/mol. The molecule has 0 spiro atoms. The van der Waals surface area contributed by atoms with Crippen LogP contribution in [0, 0.1) is 0 Å². The molecule has 0 atom stereocenters. The predicted molar refractivity (Wildman–Crippen MR) is 61.2 cm³/mol. The maximum atomic E-state index is 11.9. The summed E-state index contributed by atoms with van der Waals surface area (Å²) in [7, 11) is 0. The van der Waals surface area contributed by atoms with E-state index in [1.807, 2.05) is 45.0 Å². The Morgan fingerprint density at radius 1 is 1.31 bits per heavy atom. The van der Waals surface area contributed by atoms with Crippen molar-refractivity contribution in [2.75, 3.05) is 0 Å². The Morgan fingerprint density at radius 2 is 2.00 bits per heavy atom. The van der Waals surface area contributed by atoms with Gasteiger partial charge in [0.1, 0.15) is 5.52 Å². The van der Waals surface area contributed by atoms with Crippen LogP contribution in [0.4, 0.5) is 4.79 Å². The maximum absolute atomic E-state index is 11.9. The first kappa shape index (κ1) is 10.6. The Morgan fingerprint density at radius 3 is 2.69 bits per heavy atom. The summed E-state index contributed by atoms with van der Waals surface area (Å²) in [5, 5.41) is 10.6. The van der Waals surface area contributed by atoms with Crippen molar-refractivity contribution in [2.24, 2.45) is 0 Å². The number of fused-ring (bicyclic) bond motifs is 1. The number of benzene rings is 1. The summed E-state index contributed by atoms with van der Waals surface area (Å²) >= 11 is 0. The molecule has 2 rings (SSSR count).